The third kappa shape index (κ3) is 6.79. The number of amides is 1. The zero-order valence-corrected chi connectivity index (χ0v) is 22.8. The second kappa shape index (κ2) is 11.5. The van der Waals surface area contributed by atoms with Gasteiger partial charge in [0.05, 0.1) is 29.4 Å². The summed E-state index contributed by atoms with van der Waals surface area (Å²) >= 11 is 1.17. The van der Waals surface area contributed by atoms with Crippen molar-refractivity contribution in [3.05, 3.63) is 27.5 Å². The Morgan fingerprint density at radius 1 is 1.14 bits per heavy atom. The van der Waals surface area contributed by atoms with Gasteiger partial charge in [-0.05, 0) is 85.1 Å². The molecule has 0 aromatic carbocycles. The molecule has 196 valence electrons. The molecule has 0 bridgehead atoms. The summed E-state index contributed by atoms with van der Waals surface area (Å²) in [6.07, 6.45) is 9.17. The molecule has 36 heavy (non-hydrogen) atoms. The number of carboxylic acids is 1. The first-order valence-electron chi connectivity index (χ1n) is 13.2. The number of aromatic carboxylic acids is 1. The van der Waals surface area contributed by atoms with E-state index in [-0.39, 0.29) is 40.4 Å². The summed E-state index contributed by atoms with van der Waals surface area (Å²) in [5, 5.41) is 10.1. The molecule has 1 N–H and O–H groups in total. The van der Waals surface area contributed by atoms with E-state index in [0.29, 0.717) is 23.6 Å². The highest BCUT2D eigenvalue weighted by Crippen LogP contribution is 2.38. The Hall–Kier alpha value is -2.14. The van der Waals surface area contributed by atoms with Gasteiger partial charge in [-0.25, -0.2) is 4.79 Å². The summed E-state index contributed by atoms with van der Waals surface area (Å²) < 4.78 is 11.7. The SMILES string of the molecule is CC1=CCC(C(=O)N(c2cc(C#CC(C)(C)C)sc2C(=O)O)[C@H]2CC[C@H](O[C@H]3CCOC3)CC2)CC1. The van der Waals surface area contributed by atoms with Crippen molar-refractivity contribution in [2.24, 2.45) is 11.3 Å². The van der Waals surface area contributed by atoms with Crippen molar-refractivity contribution in [1.82, 2.24) is 0 Å². The van der Waals surface area contributed by atoms with Crippen molar-refractivity contribution < 1.29 is 24.2 Å². The van der Waals surface area contributed by atoms with E-state index >= 15 is 0 Å². The van der Waals surface area contributed by atoms with Gasteiger partial charge in [-0.1, -0.05) is 23.5 Å². The van der Waals surface area contributed by atoms with E-state index < -0.39 is 5.97 Å². The van der Waals surface area contributed by atoms with Gasteiger partial charge in [-0.3, -0.25) is 4.79 Å². The number of carbonyl (C=O) groups is 2. The summed E-state index contributed by atoms with van der Waals surface area (Å²) in [4.78, 5) is 29.0. The number of nitrogens with zero attached hydrogens (tertiary/aromatic N) is 1. The largest absolute Gasteiger partial charge is 0.477 e. The molecule has 2 atom stereocenters. The smallest absolute Gasteiger partial charge is 0.348 e. The predicted molar refractivity (Wildman–Crippen MR) is 143 cm³/mol. The van der Waals surface area contributed by atoms with Crippen molar-refractivity contribution in [3.63, 3.8) is 0 Å². The van der Waals surface area contributed by atoms with Crippen LogP contribution in [0.3, 0.4) is 0 Å². The Morgan fingerprint density at radius 2 is 1.89 bits per heavy atom. The first-order valence-corrected chi connectivity index (χ1v) is 14.0. The van der Waals surface area contributed by atoms with Crippen LogP contribution in [0.2, 0.25) is 0 Å². The third-order valence-electron chi connectivity index (χ3n) is 7.23. The van der Waals surface area contributed by atoms with Crippen LogP contribution in [0.4, 0.5) is 5.69 Å². The minimum absolute atomic E-state index is 0.0414. The molecule has 2 aliphatic carbocycles. The van der Waals surface area contributed by atoms with Gasteiger partial charge in [0.15, 0.2) is 0 Å². The van der Waals surface area contributed by atoms with E-state index in [9.17, 15) is 14.7 Å². The fourth-order valence-corrected chi connectivity index (χ4v) is 6.08. The van der Waals surface area contributed by atoms with Crippen LogP contribution in [0.15, 0.2) is 17.7 Å². The van der Waals surface area contributed by atoms with Gasteiger partial charge in [0.2, 0.25) is 5.91 Å². The minimum Gasteiger partial charge on any atom is -0.477 e. The lowest BCUT2D eigenvalue weighted by Gasteiger charge is -2.39. The van der Waals surface area contributed by atoms with Gasteiger partial charge in [-0.2, -0.15) is 0 Å². The van der Waals surface area contributed by atoms with Gasteiger partial charge in [0.1, 0.15) is 4.88 Å². The fraction of sp³-hybridized carbons (Fsp3) is 0.655. The van der Waals surface area contributed by atoms with Gasteiger partial charge >= 0.3 is 5.97 Å². The van der Waals surface area contributed by atoms with E-state index in [4.69, 9.17) is 9.47 Å². The number of hydrogen-bond donors (Lipinski definition) is 1. The molecule has 1 saturated heterocycles. The number of hydrogen-bond acceptors (Lipinski definition) is 5. The van der Waals surface area contributed by atoms with Gasteiger partial charge < -0.3 is 19.5 Å². The van der Waals surface area contributed by atoms with Gasteiger partial charge in [0, 0.05) is 24.0 Å². The highest BCUT2D eigenvalue weighted by atomic mass is 32.1. The van der Waals surface area contributed by atoms with E-state index in [1.165, 1.54) is 16.9 Å². The van der Waals surface area contributed by atoms with Crippen LogP contribution in [-0.4, -0.2) is 48.4 Å². The quantitative estimate of drug-likeness (QED) is 0.371. The molecular formula is C29H39NO5S. The molecule has 1 amide bonds. The molecule has 7 heteroatoms. The monoisotopic (exact) mass is 513 g/mol. The van der Waals surface area contributed by atoms with E-state index in [1.807, 2.05) is 31.7 Å². The van der Waals surface area contributed by atoms with Gasteiger partial charge in [-0.15, -0.1) is 11.3 Å². The van der Waals surface area contributed by atoms with E-state index in [1.54, 1.807) is 0 Å². The van der Waals surface area contributed by atoms with E-state index in [0.717, 1.165) is 51.6 Å². The maximum absolute atomic E-state index is 14.0. The molecule has 1 saturated carbocycles. The maximum Gasteiger partial charge on any atom is 0.348 e. The van der Waals surface area contributed by atoms with Crippen LogP contribution in [0.5, 0.6) is 0 Å². The topological polar surface area (TPSA) is 76.1 Å². The average molecular weight is 514 g/mol. The summed E-state index contributed by atoms with van der Waals surface area (Å²) in [7, 11) is 0. The molecular weight excluding hydrogens is 474 g/mol. The molecule has 6 nitrogen and oxygen atoms in total. The van der Waals surface area contributed by atoms with Crippen molar-refractivity contribution >= 4 is 28.9 Å². The van der Waals surface area contributed by atoms with Crippen LogP contribution < -0.4 is 4.90 Å². The molecule has 1 aromatic heterocycles. The normalized spacial score (nSPS) is 26.6. The molecule has 2 heterocycles. The lowest BCUT2D eigenvalue weighted by Crippen LogP contribution is -2.47. The standard InChI is InChI=1S/C29H39NO5S/c1-19-5-7-20(8-6-19)27(31)30(21-9-11-22(12-10-21)35-23-14-16-34-18-23)25-17-24(13-15-29(2,3)4)36-26(25)28(32)33/h5,17,20-23H,6-12,14,16,18H2,1-4H3,(H,32,33)/t20?,21-,22-,23-/m0/s1. The number of anilines is 1. The van der Waals surface area contributed by atoms with Crippen LogP contribution in [0, 0.1) is 23.2 Å². The molecule has 4 rings (SSSR count). The molecule has 0 radical (unpaired) electrons. The highest BCUT2D eigenvalue weighted by Gasteiger charge is 2.37. The molecule has 1 aromatic rings. The fourth-order valence-electron chi connectivity index (χ4n) is 5.24. The van der Waals surface area contributed by atoms with Crippen LogP contribution in [-0.2, 0) is 14.3 Å². The number of rotatable bonds is 6. The average Bonchev–Trinajstić information content (AvgIpc) is 3.49. The van der Waals surface area contributed by atoms with Gasteiger partial charge in [0.25, 0.3) is 0 Å². The maximum atomic E-state index is 14.0. The molecule has 3 aliphatic rings. The summed E-state index contributed by atoms with van der Waals surface area (Å²) in [6, 6.07) is 1.79. The summed E-state index contributed by atoms with van der Waals surface area (Å²) in [5.41, 5.74) is 1.63. The van der Waals surface area contributed by atoms with E-state index in [2.05, 4.69) is 24.8 Å². The lowest BCUT2D eigenvalue weighted by atomic mass is 9.86. The number of allylic oxidation sites excluding steroid dienone is 2. The molecule has 0 spiro atoms. The van der Waals surface area contributed by atoms with Crippen molar-refractivity contribution in [2.75, 3.05) is 18.1 Å². The van der Waals surface area contributed by atoms with Crippen molar-refractivity contribution in [1.29, 1.82) is 0 Å². The first kappa shape index (κ1) is 26.9. The third-order valence-corrected chi connectivity index (χ3v) is 8.26. The second-order valence-corrected chi connectivity index (χ2v) is 12.5. The molecule has 1 aliphatic heterocycles. The Labute approximate surface area is 219 Å². The second-order valence-electron chi connectivity index (χ2n) is 11.4. The summed E-state index contributed by atoms with van der Waals surface area (Å²) in [5.74, 6) is 5.28. The number of carboxylic acid groups (broad SMARTS) is 1. The lowest BCUT2D eigenvalue weighted by molar-refractivity contribution is -0.123. The number of thiophene rings is 1. The van der Waals surface area contributed by atoms with Crippen molar-refractivity contribution in [3.8, 4) is 11.8 Å². The zero-order chi connectivity index (χ0) is 25.9. The molecule has 1 unspecified atom stereocenters. The zero-order valence-electron chi connectivity index (χ0n) is 22.0. The molecule has 2 fully saturated rings. The Kier molecular flexibility index (Phi) is 8.59. The number of carbonyl (C=O) groups excluding carboxylic acids is 1. The predicted octanol–water partition coefficient (Wildman–Crippen LogP) is 6.04. The Bertz CT molecular complexity index is 1040. The van der Waals surface area contributed by atoms with Crippen LogP contribution in [0.1, 0.15) is 93.6 Å². The minimum atomic E-state index is -1.01. The Morgan fingerprint density at radius 3 is 2.47 bits per heavy atom. The summed E-state index contributed by atoms with van der Waals surface area (Å²) in [6.45, 7) is 9.61. The Balaban J connectivity index is 1.61. The number of ether oxygens (including phenoxy) is 2. The highest BCUT2D eigenvalue weighted by molar-refractivity contribution is 7.15. The van der Waals surface area contributed by atoms with Crippen LogP contribution >= 0.6 is 11.3 Å². The first-order chi connectivity index (χ1) is 17.1. The van der Waals surface area contributed by atoms with Crippen LogP contribution in [0.25, 0.3) is 0 Å². The van der Waals surface area contributed by atoms with Crippen molar-refractivity contribution in [2.45, 2.75) is 97.3 Å².